The van der Waals surface area contributed by atoms with Gasteiger partial charge in [0.15, 0.2) is 11.5 Å². The first-order valence-electron chi connectivity index (χ1n) is 5.51. The number of halogens is 1. The highest BCUT2D eigenvalue weighted by Gasteiger charge is 2.21. The number of aromatic hydroxyl groups is 1. The second kappa shape index (κ2) is 6.23. The molecule has 4 N–H and O–H groups in total. The van der Waals surface area contributed by atoms with Crippen LogP contribution in [0.3, 0.4) is 0 Å². The first kappa shape index (κ1) is 14.3. The van der Waals surface area contributed by atoms with Crippen LogP contribution < -0.4 is 10.5 Å². The Labute approximate surface area is 110 Å². The minimum Gasteiger partial charge on any atom is -0.504 e. The number of aliphatic hydroxyl groups is 1. The van der Waals surface area contributed by atoms with Gasteiger partial charge in [-0.25, -0.2) is 0 Å². The minimum absolute atomic E-state index is 0.0154. The predicted molar refractivity (Wildman–Crippen MR) is 70.2 cm³/mol. The van der Waals surface area contributed by atoms with Gasteiger partial charge in [0.1, 0.15) is 0 Å². The fraction of sp³-hybridized carbons (Fsp3) is 0.500. The second-order valence-electron chi connectivity index (χ2n) is 3.93. The van der Waals surface area contributed by atoms with Crippen LogP contribution in [0.15, 0.2) is 16.6 Å². The smallest absolute Gasteiger partial charge is 0.162 e. The molecule has 0 radical (unpaired) electrons. The Morgan fingerprint density at radius 3 is 2.65 bits per heavy atom. The van der Waals surface area contributed by atoms with Gasteiger partial charge >= 0.3 is 0 Å². The first-order valence-corrected chi connectivity index (χ1v) is 6.30. The highest BCUT2D eigenvalue weighted by atomic mass is 79.9. The lowest BCUT2D eigenvalue weighted by Gasteiger charge is -2.21. The third kappa shape index (κ3) is 3.34. The molecule has 1 aromatic rings. The normalized spacial score (nSPS) is 14.4. The van der Waals surface area contributed by atoms with Gasteiger partial charge in [-0.05, 0) is 18.6 Å². The summed E-state index contributed by atoms with van der Waals surface area (Å²) in [5.74, 6) is 0.326. The molecule has 0 saturated heterocycles. The van der Waals surface area contributed by atoms with Crippen molar-refractivity contribution in [1.29, 1.82) is 0 Å². The molecular formula is C12H18BrNO3. The van der Waals surface area contributed by atoms with Crippen LogP contribution in [0.1, 0.15) is 31.4 Å². The number of rotatable bonds is 5. The zero-order valence-electron chi connectivity index (χ0n) is 9.98. The Kier molecular flexibility index (Phi) is 5.24. The molecule has 0 aromatic heterocycles. The molecule has 96 valence electrons. The number of nitrogens with two attached hydrogens (primary N) is 1. The summed E-state index contributed by atoms with van der Waals surface area (Å²) in [6, 6.07) is 2.72. The fourth-order valence-corrected chi connectivity index (χ4v) is 2.14. The molecule has 1 rings (SSSR count). The van der Waals surface area contributed by atoms with Crippen molar-refractivity contribution in [1.82, 2.24) is 0 Å². The average Bonchev–Trinajstić information content (AvgIpc) is 2.31. The lowest BCUT2D eigenvalue weighted by molar-refractivity contribution is 0.133. The van der Waals surface area contributed by atoms with Crippen LogP contribution in [0.4, 0.5) is 0 Å². The molecule has 0 aliphatic carbocycles. The Bertz CT molecular complexity index is 384. The van der Waals surface area contributed by atoms with Gasteiger partial charge in [-0.15, -0.1) is 0 Å². The van der Waals surface area contributed by atoms with Gasteiger partial charge in [0, 0.05) is 10.0 Å². The van der Waals surface area contributed by atoms with E-state index in [4.69, 9.17) is 10.5 Å². The van der Waals surface area contributed by atoms with Crippen molar-refractivity contribution >= 4 is 15.9 Å². The molecule has 4 nitrogen and oxygen atoms in total. The lowest BCUT2D eigenvalue weighted by Crippen LogP contribution is -2.26. The summed E-state index contributed by atoms with van der Waals surface area (Å²) in [6.07, 6.45) is 0.751. The van der Waals surface area contributed by atoms with E-state index in [0.717, 1.165) is 10.9 Å². The van der Waals surface area contributed by atoms with E-state index in [1.54, 1.807) is 12.1 Å². The van der Waals surface area contributed by atoms with Crippen molar-refractivity contribution in [3.8, 4) is 11.5 Å². The third-order valence-corrected chi connectivity index (χ3v) is 3.11. The Balaban J connectivity index is 3.08. The number of hydrogen-bond acceptors (Lipinski definition) is 4. The van der Waals surface area contributed by atoms with Crippen LogP contribution in [0.25, 0.3) is 0 Å². The van der Waals surface area contributed by atoms with Crippen molar-refractivity contribution < 1.29 is 14.9 Å². The van der Waals surface area contributed by atoms with Gasteiger partial charge in [0.05, 0.1) is 19.3 Å². The number of hydrogen-bond donors (Lipinski definition) is 3. The maximum atomic E-state index is 9.96. The van der Waals surface area contributed by atoms with E-state index < -0.39 is 12.1 Å². The highest BCUT2D eigenvalue weighted by Crippen LogP contribution is 2.37. The van der Waals surface area contributed by atoms with Crippen molar-refractivity contribution in [3.05, 3.63) is 22.2 Å². The molecule has 0 amide bonds. The molecule has 0 heterocycles. The average molecular weight is 304 g/mol. The summed E-state index contributed by atoms with van der Waals surface area (Å²) in [5.41, 5.74) is 6.42. The highest BCUT2D eigenvalue weighted by molar-refractivity contribution is 9.10. The monoisotopic (exact) mass is 303 g/mol. The maximum Gasteiger partial charge on any atom is 0.162 e. The standard InChI is InChI=1S/C12H18BrNO3/c1-3-4-9(15)11(14)8-5-7(13)6-10(17-2)12(8)16/h5-6,9,11,15-16H,3-4,14H2,1-2H3/t9-,11+/m0/s1. The number of ether oxygens (including phenoxy) is 1. The van der Waals surface area contributed by atoms with Crippen LogP contribution >= 0.6 is 15.9 Å². The van der Waals surface area contributed by atoms with Gasteiger partial charge in [-0.2, -0.15) is 0 Å². The molecular weight excluding hydrogens is 286 g/mol. The molecule has 2 atom stereocenters. The molecule has 0 aliphatic heterocycles. The lowest BCUT2D eigenvalue weighted by atomic mass is 9.98. The Morgan fingerprint density at radius 1 is 1.47 bits per heavy atom. The van der Waals surface area contributed by atoms with Crippen molar-refractivity contribution in [2.24, 2.45) is 5.73 Å². The quantitative estimate of drug-likeness (QED) is 0.780. The Morgan fingerprint density at radius 2 is 2.12 bits per heavy atom. The van der Waals surface area contributed by atoms with Crippen LogP contribution in [-0.2, 0) is 0 Å². The summed E-state index contributed by atoms with van der Waals surface area (Å²) in [7, 11) is 1.47. The number of aliphatic hydroxyl groups excluding tert-OH is 1. The summed E-state index contributed by atoms with van der Waals surface area (Å²) >= 11 is 3.32. The summed E-state index contributed by atoms with van der Waals surface area (Å²) < 4.78 is 5.79. The van der Waals surface area contributed by atoms with E-state index in [1.807, 2.05) is 6.92 Å². The van der Waals surface area contributed by atoms with E-state index >= 15 is 0 Å². The number of benzene rings is 1. The maximum absolute atomic E-state index is 9.96. The van der Waals surface area contributed by atoms with E-state index in [0.29, 0.717) is 17.7 Å². The number of phenolic OH excluding ortho intramolecular Hbond substituents is 1. The van der Waals surface area contributed by atoms with Gasteiger partial charge in [0.25, 0.3) is 0 Å². The number of methoxy groups -OCH3 is 1. The molecule has 0 fully saturated rings. The van der Waals surface area contributed by atoms with Gasteiger partial charge in [-0.3, -0.25) is 0 Å². The molecule has 17 heavy (non-hydrogen) atoms. The van der Waals surface area contributed by atoms with Gasteiger partial charge < -0.3 is 20.7 Å². The summed E-state index contributed by atoms with van der Waals surface area (Å²) in [6.45, 7) is 1.97. The molecule has 5 heteroatoms. The topological polar surface area (TPSA) is 75.7 Å². The summed E-state index contributed by atoms with van der Waals surface area (Å²) in [5, 5.41) is 19.8. The largest absolute Gasteiger partial charge is 0.504 e. The molecule has 0 unspecified atom stereocenters. The molecule has 1 aromatic carbocycles. The molecule has 0 bridgehead atoms. The van der Waals surface area contributed by atoms with Gasteiger partial charge in [0.2, 0.25) is 0 Å². The van der Waals surface area contributed by atoms with Crippen LogP contribution in [-0.4, -0.2) is 23.4 Å². The summed E-state index contributed by atoms with van der Waals surface area (Å²) in [4.78, 5) is 0. The molecule has 0 aliphatic rings. The number of phenols is 1. The van der Waals surface area contributed by atoms with Crippen molar-refractivity contribution in [3.63, 3.8) is 0 Å². The zero-order valence-corrected chi connectivity index (χ0v) is 11.6. The fourth-order valence-electron chi connectivity index (χ4n) is 1.69. The van der Waals surface area contributed by atoms with E-state index in [1.165, 1.54) is 7.11 Å². The van der Waals surface area contributed by atoms with Crippen molar-refractivity contribution in [2.45, 2.75) is 31.9 Å². The Hall–Kier alpha value is -0.780. The zero-order chi connectivity index (χ0) is 13.0. The van der Waals surface area contributed by atoms with Crippen molar-refractivity contribution in [2.75, 3.05) is 7.11 Å². The van der Waals surface area contributed by atoms with Crippen LogP contribution in [0.2, 0.25) is 0 Å². The second-order valence-corrected chi connectivity index (χ2v) is 4.84. The molecule has 0 saturated carbocycles. The first-order chi connectivity index (χ1) is 8.01. The molecule has 0 spiro atoms. The minimum atomic E-state index is -0.676. The predicted octanol–water partition coefficient (Wildman–Crippen LogP) is 2.32. The van der Waals surface area contributed by atoms with E-state index in [9.17, 15) is 10.2 Å². The van der Waals surface area contributed by atoms with Gasteiger partial charge in [-0.1, -0.05) is 29.3 Å². The van der Waals surface area contributed by atoms with E-state index in [2.05, 4.69) is 15.9 Å². The van der Waals surface area contributed by atoms with E-state index in [-0.39, 0.29) is 5.75 Å². The third-order valence-electron chi connectivity index (χ3n) is 2.65. The van der Waals surface area contributed by atoms with Crippen LogP contribution in [0, 0.1) is 0 Å². The van der Waals surface area contributed by atoms with Crippen LogP contribution in [0.5, 0.6) is 11.5 Å². The SMILES string of the molecule is CCC[C@H](O)[C@H](N)c1cc(Br)cc(OC)c1O.